The van der Waals surface area contributed by atoms with Crippen molar-refractivity contribution in [3.63, 3.8) is 0 Å². The highest BCUT2D eigenvalue weighted by Gasteiger charge is 2.34. The van der Waals surface area contributed by atoms with Crippen LogP contribution in [-0.2, 0) is 19.6 Å². The summed E-state index contributed by atoms with van der Waals surface area (Å²) in [6.07, 6.45) is 7.40. The number of piperidine rings is 3. The van der Waals surface area contributed by atoms with Gasteiger partial charge in [0.05, 0.1) is 10.6 Å². The monoisotopic (exact) mass is 518 g/mol. The van der Waals surface area contributed by atoms with Crippen LogP contribution in [0.2, 0.25) is 0 Å². The van der Waals surface area contributed by atoms with Crippen molar-refractivity contribution in [1.29, 1.82) is 0 Å². The average Bonchev–Trinajstić information content (AvgIpc) is 2.91. The minimum atomic E-state index is -3.69. The van der Waals surface area contributed by atoms with Gasteiger partial charge in [-0.25, -0.2) is 8.42 Å². The quantitative estimate of drug-likeness (QED) is 0.594. The zero-order valence-electron chi connectivity index (χ0n) is 21.2. The first-order valence-electron chi connectivity index (χ1n) is 13.4. The number of carbonyl (C=O) groups is 2. The summed E-state index contributed by atoms with van der Waals surface area (Å²) in [4.78, 5) is 32.0. The van der Waals surface area contributed by atoms with Gasteiger partial charge in [-0.2, -0.15) is 4.31 Å². The van der Waals surface area contributed by atoms with Crippen LogP contribution in [0.1, 0.15) is 51.9 Å². The first-order valence-corrected chi connectivity index (χ1v) is 14.9. The molecule has 0 radical (unpaired) electrons. The lowest BCUT2D eigenvalue weighted by Gasteiger charge is -2.40. The van der Waals surface area contributed by atoms with Crippen LogP contribution in [0.15, 0.2) is 23.1 Å². The summed E-state index contributed by atoms with van der Waals surface area (Å²) in [6.45, 7) is 6.54. The Morgan fingerprint density at radius 1 is 0.972 bits per heavy atom. The number of rotatable bonds is 5. The van der Waals surface area contributed by atoms with Gasteiger partial charge in [0.15, 0.2) is 6.61 Å². The van der Waals surface area contributed by atoms with Gasteiger partial charge in [-0.3, -0.25) is 14.5 Å². The molecule has 0 N–H and O–H groups in total. The Labute approximate surface area is 214 Å². The predicted octanol–water partition coefficient (Wildman–Crippen LogP) is 2.31. The highest BCUT2D eigenvalue weighted by Crippen LogP contribution is 2.36. The second-order valence-corrected chi connectivity index (χ2v) is 12.6. The Kier molecular flexibility index (Phi) is 7.55. The number of hydrogen-bond acceptors (Lipinski definition) is 6. The smallest absolute Gasteiger partial charge is 0.265 e. The number of benzene rings is 1. The fraction of sp³-hybridized carbons (Fsp3) is 0.692. The van der Waals surface area contributed by atoms with Crippen LogP contribution in [0.3, 0.4) is 0 Å². The minimum Gasteiger partial charge on any atom is -0.482 e. The molecule has 3 saturated heterocycles. The number of carbonyl (C=O) groups excluding carboxylic acids is 2. The fourth-order valence-electron chi connectivity index (χ4n) is 5.89. The van der Waals surface area contributed by atoms with Crippen LogP contribution in [0.5, 0.6) is 5.75 Å². The third kappa shape index (κ3) is 5.26. The van der Waals surface area contributed by atoms with E-state index in [2.05, 4.69) is 11.8 Å². The number of likely N-dealkylation sites (tertiary alicyclic amines) is 2. The van der Waals surface area contributed by atoms with Crippen molar-refractivity contribution < 1.29 is 22.7 Å². The molecule has 1 aromatic carbocycles. The van der Waals surface area contributed by atoms with Gasteiger partial charge in [0.1, 0.15) is 12.3 Å². The molecule has 0 saturated carbocycles. The Morgan fingerprint density at radius 2 is 1.67 bits per heavy atom. The molecule has 9 nitrogen and oxygen atoms in total. The number of anilines is 1. The maximum atomic E-state index is 13.3. The van der Waals surface area contributed by atoms with E-state index in [1.54, 1.807) is 6.07 Å². The van der Waals surface area contributed by atoms with Gasteiger partial charge in [0.25, 0.3) is 5.91 Å². The van der Waals surface area contributed by atoms with Crippen LogP contribution in [0, 0.1) is 5.92 Å². The van der Waals surface area contributed by atoms with Crippen LogP contribution in [0.4, 0.5) is 5.69 Å². The first kappa shape index (κ1) is 25.5. The number of nitrogens with zero attached hydrogens (tertiary/aromatic N) is 4. The van der Waals surface area contributed by atoms with E-state index < -0.39 is 10.0 Å². The molecule has 4 aliphatic rings. The predicted molar refractivity (Wildman–Crippen MR) is 136 cm³/mol. The van der Waals surface area contributed by atoms with E-state index in [-0.39, 0.29) is 29.9 Å². The molecule has 4 heterocycles. The average molecular weight is 519 g/mol. The van der Waals surface area contributed by atoms with Gasteiger partial charge >= 0.3 is 0 Å². The molecule has 4 aliphatic heterocycles. The number of fused-ring (bicyclic) bond motifs is 1. The standard InChI is InChI=1S/C26H38N4O5S/c1-20-7-15-29(16-8-20)36(33,34)22-5-6-24-23(17-22)30(26(32)19-35-24)18-25(31)28-13-9-21(10-14-28)27-11-3-2-4-12-27/h5-6,17,20-21H,2-4,7-16,18-19H2,1H3. The molecule has 10 heteroatoms. The van der Waals surface area contributed by atoms with Gasteiger partial charge in [-0.15, -0.1) is 0 Å². The summed E-state index contributed by atoms with van der Waals surface area (Å²) in [6, 6.07) is 5.16. The van der Waals surface area contributed by atoms with E-state index in [4.69, 9.17) is 4.74 Å². The Bertz CT molecular complexity index is 1070. The van der Waals surface area contributed by atoms with Crippen molar-refractivity contribution in [3.05, 3.63) is 18.2 Å². The molecule has 36 heavy (non-hydrogen) atoms. The molecule has 0 atom stereocenters. The van der Waals surface area contributed by atoms with E-state index >= 15 is 0 Å². The molecular formula is C26H38N4O5S. The maximum Gasteiger partial charge on any atom is 0.265 e. The summed E-state index contributed by atoms with van der Waals surface area (Å²) in [5.41, 5.74) is 0.356. The second-order valence-electron chi connectivity index (χ2n) is 10.7. The molecule has 2 amide bonds. The lowest BCUT2D eigenvalue weighted by atomic mass is 10.00. The van der Waals surface area contributed by atoms with Crippen molar-refractivity contribution in [2.45, 2.75) is 62.8 Å². The Morgan fingerprint density at radius 3 is 2.36 bits per heavy atom. The molecular weight excluding hydrogens is 480 g/mol. The summed E-state index contributed by atoms with van der Waals surface area (Å²) < 4.78 is 33.7. The Hall–Kier alpha value is -2.17. The number of amides is 2. The van der Waals surface area contributed by atoms with Crippen LogP contribution in [-0.4, -0.2) is 92.8 Å². The van der Waals surface area contributed by atoms with Gasteiger partial charge in [-0.1, -0.05) is 13.3 Å². The van der Waals surface area contributed by atoms with E-state index in [9.17, 15) is 18.0 Å². The van der Waals surface area contributed by atoms with Crippen LogP contribution < -0.4 is 9.64 Å². The van der Waals surface area contributed by atoms with E-state index in [0.717, 1.165) is 38.8 Å². The second kappa shape index (κ2) is 10.7. The molecule has 0 unspecified atom stereocenters. The van der Waals surface area contributed by atoms with Gasteiger partial charge in [-0.05, 0) is 75.7 Å². The van der Waals surface area contributed by atoms with Crippen LogP contribution in [0.25, 0.3) is 0 Å². The van der Waals surface area contributed by atoms with Gasteiger partial charge in [0, 0.05) is 32.2 Å². The summed E-state index contributed by atoms with van der Waals surface area (Å²) in [5.74, 6) is 0.502. The molecule has 0 bridgehead atoms. The van der Waals surface area contributed by atoms with Crippen molar-refractivity contribution in [2.75, 3.05) is 57.3 Å². The minimum absolute atomic E-state index is 0.103. The fourth-order valence-corrected chi connectivity index (χ4v) is 7.38. The van der Waals surface area contributed by atoms with Crippen molar-refractivity contribution >= 4 is 27.5 Å². The highest BCUT2D eigenvalue weighted by atomic mass is 32.2. The lowest BCUT2D eigenvalue weighted by Crippen LogP contribution is -2.51. The molecule has 3 fully saturated rings. The van der Waals surface area contributed by atoms with E-state index in [1.807, 2.05) is 4.90 Å². The largest absolute Gasteiger partial charge is 0.482 e. The van der Waals surface area contributed by atoms with Crippen molar-refractivity contribution in [3.8, 4) is 5.75 Å². The number of ether oxygens (including phenoxy) is 1. The zero-order chi connectivity index (χ0) is 25.3. The van der Waals surface area contributed by atoms with Crippen molar-refractivity contribution in [2.24, 2.45) is 5.92 Å². The number of hydrogen-bond donors (Lipinski definition) is 0. The maximum absolute atomic E-state index is 13.3. The summed E-state index contributed by atoms with van der Waals surface area (Å²) >= 11 is 0. The zero-order valence-corrected chi connectivity index (χ0v) is 22.0. The van der Waals surface area contributed by atoms with E-state index in [0.29, 0.717) is 49.6 Å². The van der Waals surface area contributed by atoms with E-state index in [1.165, 1.54) is 40.6 Å². The molecule has 0 spiro atoms. The molecule has 0 aliphatic carbocycles. The van der Waals surface area contributed by atoms with Crippen molar-refractivity contribution in [1.82, 2.24) is 14.1 Å². The SMILES string of the molecule is CC1CCN(S(=O)(=O)c2ccc3c(c2)N(CC(=O)N2CCC(N4CCCCC4)CC2)C(=O)CO3)CC1. The first-order chi connectivity index (χ1) is 17.3. The summed E-state index contributed by atoms with van der Waals surface area (Å²) in [7, 11) is -3.69. The third-order valence-corrected chi connectivity index (χ3v) is 10.2. The van der Waals surface area contributed by atoms with Gasteiger partial charge in [0.2, 0.25) is 15.9 Å². The Balaban J connectivity index is 1.27. The van der Waals surface area contributed by atoms with Crippen LogP contribution >= 0.6 is 0 Å². The highest BCUT2D eigenvalue weighted by molar-refractivity contribution is 7.89. The number of sulfonamides is 1. The molecule has 1 aromatic rings. The lowest BCUT2D eigenvalue weighted by molar-refractivity contribution is -0.133. The van der Waals surface area contributed by atoms with Gasteiger partial charge < -0.3 is 14.5 Å². The molecule has 5 rings (SSSR count). The third-order valence-electron chi connectivity index (χ3n) is 8.27. The topological polar surface area (TPSA) is 90.5 Å². The molecule has 0 aromatic heterocycles. The normalized spacial score (nSPS) is 23.4. The summed E-state index contributed by atoms with van der Waals surface area (Å²) in [5, 5.41) is 0. The molecule has 198 valence electrons.